The van der Waals surface area contributed by atoms with E-state index in [2.05, 4.69) is 10.4 Å². The van der Waals surface area contributed by atoms with Gasteiger partial charge >= 0.3 is 0 Å². The van der Waals surface area contributed by atoms with E-state index in [-0.39, 0.29) is 11.9 Å². The molecule has 0 aliphatic heterocycles. The minimum Gasteiger partial charge on any atom is -0.350 e. The molecule has 0 aliphatic rings. The van der Waals surface area contributed by atoms with E-state index in [9.17, 15) is 4.79 Å². The van der Waals surface area contributed by atoms with E-state index in [1.165, 1.54) is 0 Å². The van der Waals surface area contributed by atoms with Gasteiger partial charge in [0.1, 0.15) is 6.04 Å². The average Bonchev–Trinajstić information content (AvgIpc) is 2.91. The fourth-order valence-corrected chi connectivity index (χ4v) is 2.72. The van der Waals surface area contributed by atoms with Crippen LogP contribution >= 0.6 is 11.6 Å². The van der Waals surface area contributed by atoms with Crippen molar-refractivity contribution in [1.82, 2.24) is 15.1 Å². The van der Waals surface area contributed by atoms with E-state index >= 15 is 0 Å². The minimum atomic E-state index is -0.374. The van der Waals surface area contributed by atoms with E-state index in [0.717, 1.165) is 22.2 Å². The average molecular weight is 328 g/mol. The van der Waals surface area contributed by atoms with E-state index in [0.29, 0.717) is 11.6 Å². The van der Waals surface area contributed by atoms with Gasteiger partial charge in [-0.15, -0.1) is 0 Å². The Bertz CT molecular complexity index is 839. The van der Waals surface area contributed by atoms with Crippen molar-refractivity contribution in [2.24, 2.45) is 0 Å². The van der Waals surface area contributed by atoms with E-state index in [1.54, 1.807) is 4.68 Å². The Morgan fingerprint density at radius 2 is 1.91 bits per heavy atom. The van der Waals surface area contributed by atoms with Gasteiger partial charge < -0.3 is 5.32 Å². The number of amides is 1. The highest BCUT2D eigenvalue weighted by Crippen LogP contribution is 2.21. The van der Waals surface area contributed by atoms with Gasteiger partial charge in [0.15, 0.2) is 0 Å². The zero-order valence-electron chi connectivity index (χ0n) is 13.1. The Labute approximate surface area is 140 Å². The minimum absolute atomic E-state index is 0.0618. The first-order valence-corrected chi connectivity index (χ1v) is 7.90. The molecule has 0 radical (unpaired) electrons. The topological polar surface area (TPSA) is 46.9 Å². The number of fused-ring (bicyclic) bond motifs is 1. The van der Waals surface area contributed by atoms with Crippen molar-refractivity contribution in [3.8, 4) is 0 Å². The molecule has 1 amide bonds. The molecule has 4 nitrogen and oxygen atoms in total. The molecule has 5 heteroatoms. The highest BCUT2D eigenvalue weighted by molar-refractivity contribution is 6.30. The van der Waals surface area contributed by atoms with Crippen molar-refractivity contribution >= 4 is 28.4 Å². The van der Waals surface area contributed by atoms with Crippen molar-refractivity contribution in [3.63, 3.8) is 0 Å². The van der Waals surface area contributed by atoms with E-state index in [1.807, 2.05) is 62.4 Å². The van der Waals surface area contributed by atoms with E-state index in [4.69, 9.17) is 11.6 Å². The lowest BCUT2D eigenvalue weighted by molar-refractivity contribution is -0.124. The maximum absolute atomic E-state index is 12.4. The van der Waals surface area contributed by atoms with Crippen molar-refractivity contribution in [3.05, 3.63) is 64.8 Å². The maximum atomic E-state index is 12.4. The molecule has 0 bridgehead atoms. The number of aryl methyl sites for hydroxylation is 1. The fraction of sp³-hybridized carbons (Fsp3) is 0.222. The molecule has 1 N–H and O–H groups in total. The van der Waals surface area contributed by atoms with Crippen LogP contribution in [-0.2, 0) is 11.3 Å². The molecule has 0 spiro atoms. The fourth-order valence-electron chi connectivity index (χ4n) is 2.59. The molecule has 0 saturated heterocycles. The molecule has 0 saturated carbocycles. The number of rotatable bonds is 4. The van der Waals surface area contributed by atoms with Gasteiger partial charge in [-0.25, -0.2) is 0 Å². The summed E-state index contributed by atoms with van der Waals surface area (Å²) in [6, 6.07) is 15.0. The van der Waals surface area contributed by atoms with Crippen LogP contribution in [0.1, 0.15) is 24.2 Å². The van der Waals surface area contributed by atoms with Gasteiger partial charge in [-0.05, 0) is 37.6 Å². The van der Waals surface area contributed by atoms with Crippen LogP contribution in [0.5, 0.6) is 0 Å². The van der Waals surface area contributed by atoms with Gasteiger partial charge in [0.05, 0.1) is 11.2 Å². The molecule has 0 aliphatic carbocycles. The summed E-state index contributed by atoms with van der Waals surface area (Å²) in [5.41, 5.74) is 2.91. The van der Waals surface area contributed by atoms with Crippen LogP contribution in [0.3, 0.4) is 0 Å². The molecule has 2 aromatic carbocycles. The zero-order valence-corrected chi connectivity index (χ0v) is 13.8. The largest absolute Gasteiger partial charge is 0.350 e. The number of aromatic nitrogens is 2. The summed E-state index contributed by atoms with van der Waals surface area (Å²) in [5, 5.41) is 9.22. The summed E-state index contributed by atoms with van der Waals surface area (Å²) in [5.74, 6) is -0.0618. The second-order valence-electron chi connectivity index (χ2n) is 5.57. The third kappa shape index (κ3) is 3.22. The van der Waals surface area contributed by atoms with Crippen molar-refractivity contribution in [2.75, 3.05) is 0 Å². The summed E-state index contributed by atoms with van der Waals surface area (Å²) >= 11 is 5.86. The highest BCUT2D eigenvalue weighted by Gasteiger charge is 2.18. The highest BCUT2D eigenvalue weighted by atomic mass is 35.5. The van der Waals surface area contributed by atoms with Crippen LogP contribution in [0.4, 0.5) is 0 Å². The molecule has 0 unspecified atom stereocenters. The van der Waals surface area contributed by atoms with Gasteiger partial charge in [-0.3, -0.25) is 9.48 Å². The van der Waals surface area contributed by atoms with Crippen molar-refractivity contribution in [2.45, 2.75) is 26.4 Å². The monoisotopic (exact) mass is 327 g/mol. The van der Waals surface area contributed by atoms with E-state index < -0.39 is 0 Å². The molecule has 0 fully saturated rings. The summed E-state index contributed by atoms with van der Waals surface area (Å²) in [6.07, 6.45) is 0. The molecular formula is C18H18ClN3O. The maximum Gasteiger partial charge on any atom is 0.244 e. The molecule has 1 aromatic heterocycles. The van der Waals surface area contributed by atoms with Gasteiger partial charge in [0.2, 0.25) is 5.91 Å². The molecule has 118 valence electrons. The molecular weight excluding hydrogens is 310 g/mol. The summed E-state index contributed by atoms with van der Waals surface area (Å²) in [4.78, 5) is 12.4. The number of hydrogen-bond acceptors (Lipinski definition) is 2. The predicted molar refractivity (Wildman–Crippen MR) is 92.5 cm³/mol. The first kappa shape index (κ1) is 15.6. The number of para-hydroxylation sites is 1. The second-order valence-corrected chi connectivity index (χ2v) is 6.00. The summed E-state index contributed by atoms with van der Waals surface area (Å²) < 4.78 is 1.78. The lowest BCUT2D eigenvalue weighted by Gasteiger charge is -2.14. The van der Waals surface area contributed by atoms with Crippen LogP contribution in [0, 0.1) is 6.92 Å². The van der Waals surface area contributed by atoms with Crippen molar-refractivity contribution < 1.29 is 4.79 Å². The Balaban J connectivity index is 1.75. The molecule has 23 heavy (non-hydrogen) atoms. The molecule has 3 aromatic rings. The quantitative estimate of drug-likeness (QED) is 0.790. The van der Waals surface area contributed by atoms with Gasteiger partial charge in [-0.1, -0.05) is 41.9 Å². The van der Waals surface area contributed by atoms with Gasteiger partial charge in [-0.2, -0.15) is 5.10 Å². The van der Waals surface area contributed by atoms with Gasteiger partial charge in [0, 0.05) is 17.0 Å². The first-order valence-electron chi connectivity index (χ1n) is 7.52. The summed E-state index contributed by atoms with van der Waals surface area (Å²) in [6.45, 7) is 4.28. The lowest BCUT2D eigenvalue weighted by Crippen LogP contribution is -2.31. The number of carbonyl (C=O) groups is 1. The van der Waals surface area contributed by atoms with Crippen molar-refractivity contribution in [1.29, 1.82) is 0 Å². The normalized spacial score (nSPS) is 12.3. The third-order valence-electron chi connectivity index (χ3n) is 3.92. The van der Waals surface area contributed by atoms with Crippen LogP contribution < -0.4 is 5.32 Å². The molecule has 3 rings (SSSR count). The Morgan fingerprint density at radius 1 is 1.22 bits per heavy atom. The Morgan fingerprint density at radius 3 is 2.65 bits per heavy atom. The SMILES string of the molecule is Cc1nn([C@@H](C)C(=O)NCc2ccc(Cl)cc2)c2ccccc12. The third-order valence-corrected chi connectivity index (χ3v) is 4.18. The zero-order chi connectivity index (χ0) is 16.4. The molecule has 1 atom stereocenters. The first-order chi connectivity index (χ1) is 11.1. The number of nitrogens with one attached hydrogen (secondary N) is 1. The van der Waals surface area contributed by atoms with Crippen LogP contribution in [0.2, 0.25) is 5.02 Å². The standard InChI is InChI=1S/C18H18ClN3O/c1-12-16-5-3-4-6-17(16)22(21-12)13(2)18(23)20-11-14-7-9-15(19)10-8-14/h3-10,13H,11H2,1-2H3,(H,20,23)/t13-/m0/s1. The number of halogens is 1. The number of hydrogen-bond donors (Lipinski definition) is 1. The smallest absolute Gasteiger partial charge is 0.244 e. The number of carbonyl (C=O) groups excluding carboxylic acids is 1. The van der Waals surface area contributed by atoms with Crippen LogP contribution in [-0.4, -0.2) is 15.7 Å². The van der Waals surface area contributed by atoms with Gasteiger partial charge in [0.25, 0.3) is 0 Å². The van der Waals surface area contributed by atoms with Crippen LogP contribution in [0.15, 0.2) is 48.5 Å². The number of nitrogens with zero attached hydrogens (tertiary/aromatic N) is 2. The number of benzene rings is 2. The second kappa shape index (κ2) is 6.42. The predicted octanol–water partition coefficient (Wildman–Crippen LogP) is 3.88. The molecule has 1 heterocycles. The van der Waals surface area contributed by atoms with Crippen LogP contribution in [0.25, 0.3) is 10.9 Å². The lowest BCUT2D eigenvalue weighted by atomic mass is 10.2. The summed E-state index contributed by atoms with van der Waals surface area (Å²) in [7, 11) is 0. The Kier molecular flexibility index (Phi) is 4.35. The Hall–Kier alpha value is -2.33.